The standard InChI is InChI=1S/C16H19BrN2O2S/c1-13-2-8-16(9-3-13)22(20,21)19-11-10-18-12-14-4-6-15(17)7-5-14/h2-9,18-19H,10-12H2,1H3. The summed E-state index contributed by atoms with van der Waals surface area (Å²) in [7, 11) is -3.42. The van der Waals surface area contributed by atoms with E-state index in [9.17, 15) is 8.42 Å². The fourth-order valence-corrected chi connectivity index (χ4v) is 3.21. The Kier molecular flexibility index (Phi) is 6.14. The Balaban J connectivity index is 1.76. The number of nitrogens with one attached hydrogen (secondary N) is 2. The van der Waals surface area contributed by atoms with Crippen molar-refractivity contribution in [2.75, 3.05) is 13.1 Å². The lowest BCUT2D eigenvalue weighted by atomic mass is 10.2. The van der Waals surface area contributed by atoms with Crippen molar-refractivity contribution in [1.29, 1.82) is 0 Å². The summed E-state index contributed by atoms with van der Waals surface area (Å²) in [5, 5.41) is 3.21. The molecular weight excluding hydrogens is 364 g/mol. The van der Waals surface area contributed by atoms with E-state index >= 15 is 0 Å². The summed E-state index contributed by atoms with van der Waals surface area (Å²) in [6.07, 6.45) is 0. The molecule has 2 N–H and O–H groups in total. The largest absolute Gasteiger partial charge is 0.311 e. The molecule has 0 fully saturated rings. The molecule has 0 spiro atoms. The van der Waals surface area contributed by atoms with Gasteiger partial charge in [-0.2, -0.15) is 0 Å². The van der Waals surface area contributed by atoms with Gasteiger partial charge in [0.05, 0.1) is 4.90 Å². The number of aryl methyl sites for hydroxylation is 1. The van der Waals surface area contributed by atoms with E-state index in [0.29, 0.717) is 24.5 Å². The van der Waals surface area contributed by atoms with Gasteiger partial charge in [-0.25, -0.2) is 13.1 Å². The zero-order chi connectivity index (χ0) is 16.0. The van der Waals surface area contributed by atoms with E-state index in [-0.39, 0.29) is 0 Å². The summed E-state index contributed by atoms with van der Waals surface area (Å²) in [6, 6.07) is 14.8. The zero-order valence-corrected chi connectivity index (χ0v) is 14.7. The van der Waals surface area contributed by atoms with Crippen LogP contribution in [-0.4, -0.2) is 21.5 Å². The summed E-state index contributed by atoms with van der Waals surface area (Å²) in [6.45, 7) is 3.56. The van der Waals surface area contributed by atoms with E-state index in [1.807, 2.05) is 31.2 Å². The van der Waals surface area contributed by atoms with Crippen LogP contribution in [0.1, 0.15) is 11.1 Å². The van der Waals surface area contributed by atoms with Crippen molar-refractivity contribution in [2.45, 2.75) is 18.4 Å². The van der Waals surface area contributed by atoms with Gasteiger partial charge in [0, 0.05) is 24.1 Å². The van der Waals surface area contributed by atoms with Crippen LogP contribution in [0.3, 0.4) is 0 Å². The second-order valence-corrected chi connectivity index (χ2v) is 7.70. The van der Waals surface area contributed by atoms with Gasteiger partial charge < -0.3 is 5.32 Å². The summed E-state index contributed by atoms with van der Waals surface area (Å²) >= 11 is 3.39. The molecule has 6 heteroatoms. The van der Waals surface area contributed by atoms with Crippen LogP contribution in [0, 0.1) is 6.92 Å². The van der Waals surface area contributed by atoms with Gasteiger partial charge in [-0.1, -0.05) is 45.8 Å². The quantitative estimate of drug-likeness (QED) is 0.723. The molecule has 0 amide bonds. The van der Waals surface area contributed by atoms with E-state index in [4.69, 9.17) is 0 Å². The molecule has 0 bridgehead atoms. The second kappa shape index (κ2) is 7.87. The third-order valence-electron chi connectivity index (χ3n) is 3.17. The van der Waals surface area contributed by atoms with Crippen molar-refractivity contribution < 1.29 is 8.42 Å². The van der Waals surface area contributed by atoms with Gasteiger partial charge >= 0.3 is 0 Å². The van der Waals surface area contributed by atoms with Crippen LogP contribution in [0.15, 0.2) is 57.9 Å². The predicted octanol–water partition coefficient (Wildman–Crippen LogP) is 2.83. The first-order valence-corrected chi connectivity index (χ1v) is 9.26. The summed E-state index contributed by atoms with van der Waals surface area (Å²) in [5.41, 5.74) is 2.19. The Bertz CT molecular complexity index is 698. The van der Waals surface area contributed by atoms with Gasteiger partial charge in [0.2, 0.25) is 10.0 Å². The van der Waals surface area contributed by atoms with Gasteiger partial charge in [0.1, 0.15) is 0 Å². The molecule has 22 heavy (non-hydrogen) atoms. The molecule has 0 radical (unpaired) electrons. The van der Waals surface area contributed by atoms with Crippen molar-refractivity contribution in [3.63, 3.8) is 0 Å². The Morgan fingerprint density at radius 3 is 2.23 bits per heavy atom. The summed E-state index contributed by atoms with van der Waals surface area (Å²) < 4.78 is 27.8. The van der Waals surface area contributed by atoms with Gasteiger partial charge in [-0.15, -0.1) is 0 Å². The molecule has 118 valence electrons. The van der Waals surface area contributed by atoms with Crippen molar-refractivity contribution in [1.82, 2.24) is 10.0 Å². The van der Waals surface area contributed by atoms with Crippen LogP contribution in [0.4, 0.5) is 0 Å². The van der Waals surface area contributed by atoms with Crippen molar-refractivity contribution in [3.8, 4) is 0 Å². The summed E-state index contributed by atoms with van der Waals surface area (Å²) in [5.74, 6) is 0. The fourth-order valence-electron chi connectivity index (χ4n) is 1.91. The maximum absolute atomic E-state index is 12.1. The van der Waals surface area contributed by atoms with Crippen LogP contribution in [0.2, 0.25) is 0 Å². The molecule has 0 heterocycles. The lowest BCUT2D eigenvalue weighted by Crippen LogP contribution is -2.31. The van der Waals surface area contributed by atoms with E-state index in [1.54, 1.807) is 24.3 Å². The van der Waals surface area contributed by atoms with Gasteiger partial charge in [0.25, 0.3) is 0 Å². The number of halogens is 1. The Labute approximate surface area is 140 Å². The van der Waals surface area contributed by atoms with Crippen molar-refractivity contribution in [3.05, 3.63) is 64.1 Å². The number of hydrogen-bond acceptors (Lipinski definition) is 3. The molecule has 0 saturated heterocycles. The van der Waals surface area contributed by atoms with Crippen LogP contribution < -0.4 is 10.0 Å². The number of benzene rings is 2. The Hall–Kier alpha value is -1.21. The second-order valence-electron chi connectivity index (χ2n) is 5.01. The lowest BCUT2D eigenvalue weighted by molar-refractivity contribution is 0.576. The van der Waals surface area contributed by atoms with Gasteiger partial charge in [0.15, 0.2) is 0 Å². The minimum Gasteiger partial charge on any atom is -0.311 e. The lowest BCUT2D eigenvalue weighted by Gasteiger charge is -2.08. The third-order valence-corrected chi connectivity index (χ3v) is 5.17. The van der Waals surface area contributed by atoms with E-state index < -0.39 is 10.0 Å². The van der Waals surface area contributed by atoms with Crippen LogP contribution in [0.5, 0.6) is 0 Å². The highest BCUT2D eigenvalue weighted by atomic mass is 79.9. The molecular formula is C16H19BrN2O2S. The predicted molar refractivity (Wildman–Crippen MR) is 92.2 cm³/mol. The highest BCUT2D eigenvalue weighted by Gasteiger charge is 2.12. The molecule has 0 saturated carbocycles. The molecule has 2 rings (SSSR count). The minimum atomic E-state index is -3.42. The Morgan fingerprint density at radius 1 is 0.955 bits per heavy atom. The molecule has 2 aromatic carbocycles. The first-order valence-electron chi connectivity index (χ1n) is 6.99. The molecule has 0 aliphatic rings. The normalized spacial score (nSPS) is 11.5. The SMILES string of the molecule is Cc1ccc(S(=O)(=O)NCCNCc2ccc(Br)cc2)cc1. The average molecular weight is 383 g/mol. The third kappa shape index (κ3) is 5.21. The smallest absolute Gasteiger partial charge is 0.240 e. The molecule has 2 aromatic rings. The maximum Gasteiger partial charge on any atom is 0.240 e. The molecule has 0 aliphatic heterocycles. The molecule has 0 atom stereocenters. The van der Waals surface area contributed by atoms with E-state index in [0.717, 1.165) is 15.6 Å². The number of hydrogen-bond donors (Lipinski definition) is 2. The average Bonchev–Trinajstić information content (AvgIpc) is 2.49. The van der Waals surface area contributed by atoms with Crippen LogP contribution in [-0.2, 0) is 16.6 Å². The molecule has 0 unspecified atom stereocenters. The van der Waals surface area contributed by atoms with Gasteiger partial charge in [-0.05, 0) is 36.8 Å². The van der Waals surface area contributed by atoms with Gasteiger partial charge in [-0.3, -0.25) is 0 Å². The van der Waals surface area contributed by atoms with Crippen molar-refractivity contribution >= 4 is 26.0 Å². The first-order chi connectivity index (χ1) is 10.5. The molecule has 0 aromatic heterocycles. The minimum absolute atomic E-state index is 0.297. The van der Waals surface area contributed by atoms with Crippen LogP contribution >= 0.6 is 15.9 Å². The molecule has 4 nitrogen and oxygen atoms in total. The maximum atomic E-state index is 12.1. The highest BCUT2D eigenvalue weighted by molar-refractivity contribution is 9.10. The topological polar surface area (TPSA) is 58.2 Å². The number of rotatable bonds is 7. The highest BCUT2D eigenvalue weighted by Crippen LogP contribution is 2.10. The first kappa shape index (κ1) is 17.1. The number of sulfonamides is 1. The monoisotopic (exact) mass is 382 g/mol. The van der Waals surface area contributed by atoms with E-state index in [1.165, 1.54) is 0 Å². The van der Waals surface area contributed by atoms with Crippen molar-refractivity contribution in [2.24, 2.45) is 0 Å². The Morgan fingerprint density at radius 2 is 1.59 bits per heavy atom. The van der Waals surface area contributed by atoms with E-state index in [2.05, 4.69) is 26.0 Å². The van der Waals surface area contributed by atoms with Crippen LogP contribution in [0.25, 0.3) is 0 Å². The summed E-state index contributed by atoms with van der Waals surface area (Å²) in [4.78, 5) is 0.297. The fraction of sp³-hybridized carbons (Fsp3) is 0.250. The molecule has 0 aliphatic carbocycles. The zero-order valence-electron chi connectivity index (χ0n) is 12.3.